The van der Waals surface area contributed by atoms with E-state index in [1.165, 1.54) is 0 Å². The van der Waals surface area contributed by atoms with Crippen LogP contribution < -0.4 is 5.32 Å². The predicted molar refractivity (Wildman–Crippen MR) is 133 cm³/mol. The van der Waals surface area contributed by atoms with Gasteiger partial charge in [0.25, 0.3) is 0 Å². The van der Waals surface area contributed by atoms with Crippen molar-refractivity contribution in [3.05, 3.63) is 95.6 Å². The van der Waals surface area contributed by atoms with E-state index in [4.69, 9.17) is 18.9 Å². The smallest absolute Gasteiger partial charge is 0.407 e. The molecule has 2 fully saturated rings. The second-order valence-electron chi connectivity index (χ2n) is 9.55. The predicted octanol–water partition coefficient (Wildman–Crippen LogP) is 3.73. The summed E-state index contributed by atoms with van der Waals surface area (Å²) < 4.78 is 23.2. The van der Waals surface area contributed by atoms with E-state index in [1.807, 2.05) is 54.6 Å². The number of alkyl carbamates (subject to hydrolysis) is 1. The Morgan fingerprint density at radius 2 is 1.59 bits per heavy atom. The van der Waals surface area contributed by atoms with Crippen LogP contribution >= 0.6 is 0 Å². The quantitative estimate of drug-likeness (QED) is 0.485. The molecule has 2 saturated heterocycles. The summed E-state index contributed by atoms with van der Waals surface area (Å²) >= 11 is 0. The summed E-state index contributed by atoms with van der Waals surface area (Å²) in [6, 6.07) is 25.7. The Morgan fingerprint density at radius 3 is 2.27 bits per heavy atom. The van der Waals surface area contributed by atoms with Gasteiger partial charge in [-0.3, -0.25) is 0 Å². The van der Waals surface area contributed by atoms with Crippen LogP contribution in [0.1, 0.15) is 22.6 Å². The van der Waals surface area contributed by atoms with Gasteiger partial charge in [-0.1, -0.05) is 78.9 Å². The Balaban J connectivity index is 1.07. The average Bonchev–Trinajstić information content (AvgIpc) is 3.56. The van der Waals surface area contributed by atoms with E-state index in [0.717, 1.165) is 27.8 Å². The summed E-state index contributed by atoms with van der Waals surface area (Å²) in [5, 5.41) is 12.6. The molecular weight excluding hydrogens is 474 g/mol. The lowest BCUT2D eigenvalue weighted by Gasteiger charge is -2.27. The molecule has 3 aliphatic rings. The molecule has 2 bridgehead atoms. The maximum Gasteiger partial charge on any atom is 0.407 e. The summed E-state index contributed by atoms with van der Waals surface area (Å²) in [4.78, 5) is 24.8. The van der Waals surface area contributed by atoms with Crippen LogP contribution in [0.4, 0.5) is 4.79 Å². The zero-order valence-electron chi connectivity index (χ0n) is 20.0. The summed E-state index contributed by atoms with van der Waals surface area (Å²) in [5.41, 5.74) is 3.88. The fraction of sp³-hybridized carbons (Fsp3) is 0.310. The van der Waals surface area contributed by atoms with Crippen LogP contribution in [0.5, 0.6) is 0 Å². The standard InChI is InChI=1S/C29H27NO7/c31-27(32)29-17-36-25(26(29)34-15-18-8-2-1-3-9-18)24(37-29)14-30-28(33)35-16-23-21-12-6-4-10-19(21)20-11-5-7-13-22(20)23/h1-13,23-26H,14-17H2,(H,30,33)(H,31,32)/t24-,25-,26-,29-/m0/s1. The van der Waals surface area contributed by atoms with Gasteiger partial charge in [0.05, 0.1) is 13.2 Å². The summed E-state index contributed by atoms with van der Waals surface area (Å²) in [7, 11) is 0. The van der Waals surface area contributed by atoms with E-state index >= 15 is 0 Å². The average molecular weight is 502 g/mol. The third kappa shape index (κ3) is 4.17. The minimum Gasteiger partial charge on any atom is -0.479 e. The molecule has 1 amide bonds. The number of hydrogen-bond donors (Lipinski definition) is 2. The Hall–Kier alpha value is -3.72. The first kappa shape index (κ1) is 23.7. The number of ether oxygens (including phenoxy) is 4. The van der Waals surface area contributed by atoms with Crippen LogP contribution in [-0.2, 0) is 30.3 Å². The number of hydrogen-bond acceptors (Lipinski definition) is 6. The first-order valence-electron chi connectivity index (χ1n) is 12.3. The number of fused-ring (bicyclic) bond motifs is 5. The number of aliphatic carboxylic acids is 1. The summed E-state index contributed by atoms with van der Waals surface area (Å²) in [5.74, 6) is -1.19. The van der Waals surface area contributed by atoms with Gasteiger partial charge >= 0.3 is 12.1 Å². The molecule has 0 aromatic heterocycles. The molecule has 190 valence electrons. The fourth-order valence-electron chi connectivity index (χ4n) is 5.61. The van der Waals surface area contributed by atoms with Gasteiger partial charge in [0.2, 0.25) is 5.60 Å². The van der Waals surface area contributed by atoms with Gasteiger partial charge in [0.1, 0.15) is 24.9 Å². The molecule has 3 aromatic carbocycles. The molecule has 2 N–H and O–H groups in total. The van der Waals surface area contributed by atoms with Crippen molar-refractivity contribution in [2.24, 2.45) is 0 Å². The Labute approximate surface area is 214 Å². The van der Waals surface area contributed by atoms with Crippen molar-refractivity contribution in [3.63, 3.8) is 0 Å². The lowest BCUT2D eigenvalue weighted by Crippen LogP contribution is -2.50. The van der Waals surface area contributed by atoms with E-state index in [1.54, 1.807) is 0 Å². The van der Waals surface area contributed by atoms with Crippen molar-refractivity contribution in [2.75, 3.05) is 19.8 Å². The van der Waals surface area contributed by atoms with E-state index in [-0.39, 0.29) is 32.3 Å². The van der Waals surface area contributed by atoms with Gasteiger partial charge < -0.3 is 29.4 Å². The first-order chi connectivity index (χ1) is 18.1. The van der Waals surface area contributed by atoms with Crippen LogP contribution in [-0.4, -0.2) is 60.8 Å². The summed E-state index contributed by atoms with van der Waals surface area (Å²) in [6.07, 6.45) is -2.68. The Bertz CT molecular complexity index is 1270. The molecule has 0 radical (unpaired) electrons. The largest absolute Gasteiger partial charge is 0.479 e. The molecule has 6 rings (SSSR count). The number of carbonyl (C=O) groups excluding carboxylic acids is 1. The first-order valence-corrected chi connectivity index (χ1v) is 12.3. The van der Waals surface area contributed by atoms with E-state index < -0.39 is 36.0 Å². The molecule has 37 heavy (non-hydrogen) atoms. The highest BCUT2D eigenvalue weighted by atomic mass is 16.7. The monoisotopic (exact) mass is 501 g/mol. The minimum absolute atomic E-state index is 0.0432. The molecule has 4 atom stereocenters. The number of benzene rings is 3. The maximum atomic E-state index is 12.6. The van der Waals surface area contributed by atoms with Gasteiger partial charge in [-0.05, 0) is 27.8 Å². The molecule has 0 unspecified atom stereocenters. The van der Waals surface area contributed by atoms with Crippen molar-refractivity contribution >= 4 is 12.1 Å². The molecule has 2 heterocycles. The lowest BCUT2D eigenvalue weighted by molar-refractivity contribution is -0.187. The molecule has 0 spiro atoms. The van der Waals surface area contributed by atoms with Crippen LogP contribution in [0.2, 0.25) is 0 Å². The number of rotatable bonds is 8. The molecule has 2 aliphatic heterocycles. The highest BCUT2D eigenvalue weighted by molar-refractivity contribution is 5.80. The number of carboxylic acid groups (broad SMARTS) is 1. The maximum absolute atomic E-state index is 12.6. The topological polar surface area (TPSA) is 103 Å². The lowest BCUT2D eigenvalue weighted by atomic mass is 9.98. The molecule has 1 aliphatic carbocycles. The molecule has 3 aromatic rings. The molecule has 8 nitrogen and oxygen atoms in total. The second kappa shape index (κ2) is 9.63. The number of carbonyl (C=O) groups is 2. The van der Waals surface area contributed by atoms with E-state index in [2.05, 4.69) is 29.6 Å². The summed E-state index contributed by atoms with van der Waals surface area (Å²) in [6.45, 7) is 0.360. The van der Waals surface area contributed by atoms with Crippen LogP contribution in [0.15, 0.2) is 78.9 Å². The van der Waals surface area contributed by atoms with E-state index in [9.17, 15) is 14.7 Å². The van der Waals surface area contributed by atoms with Crippen molar-refractivity contribution in [3.8, 4) is 11.1 Å². The highest BCUT2D eigenvalue weighted by Gasteiger charge is 2.66. The number of nitrogens with one attached hydrogen (secondary N) is 1. The Morgan fingerprint density at radius 1 is 0.946 bits per heavy atom. The SMILES string of the molecule is O=C(NC[C@@H]1O[C@@]2(C(=O)O)CO[C@@H]1[C@@H]2OCc1ccccc1)OCC1c2ccccc2-c2ccccc21. The van der Waals surface area contributed by atoms with Crippen molar-refractivity contribution in [2.45, 2.75) is 36.4 Å². The third-order valence-corrected chi connectivity index (χ3v) is 7.40. The zero-order valence-corrected chi connectivity index (χ0v) is 20.0. The van der Waals surface area contributed by atoms with Gasteiger partial charge in [-0.2, -0.15) is 0 Å². The number of carboxylic acids is 1. The van der Waals surface area contributed by atoms with Gasteiger partial charge in [-0.15, -0.1) is 0 Å². The molecule has 0 saturated carbocycles. The van der Waals surface area contributed by atoms with Crippen molar-refractivity contribution < 1.29 is 33.6 Å². The zero-order chi connectivity index (χ0) is 25.4. The normalized spacial score (nSPS) is 25.5. The van der Waals surface area contributed by atoms with Crippen LogP contribution in [0, 0.1) is 0 Å². The van der Waals surface area contributed by atoms with E-state index in [0.29, 0.717) is 0 Å². The Kier molecular flexibility index (Phi) is 6.16. The van der Waals surface area contributed by atoms with Gasteiger partial charge in [0.15, 0.2) is 0 Å². The van der Waals surface area contributed by atoms with Gasteiger partial charge in [0, 0.05) is 12.5 Å². The minimum atomic E-state index is -1.60. The number of amides is 1. The van der Waals surface area contributed by atoms with Crippen molar-refractivity contribution in [1.82, 2.24) is 5.32 Å². The molecular formula is C29H27NO7. The molecule has 8 heteroatoms. The second-order valence-corrected chi connectivity index (χ2v) is 9.55. The highest BCUT2D eigenvalue weighted by Crippen LogP contribution is 2.45. The van der Waals surface area contributed by atoms with Crippen LogP contribution in [0.3, 0.4) is 0 Å². The third-order valence-electron chi connectivity index (χ3n) is 7.40. The fourth-order valence-corrected chi connectivity index (χ4v) is 5.61. The van der Waals surface area contributed by atoms with Crippen molar-refractivity contribution in [1.29, 1.82) is 0 Å². The van der Waals surface area contributed by atoms with Gasteiger partial charge in [-0.25, -0.2) is 9.59 Å². The van der Waals surface area contributed by atoms with Crippen LogP contribution in [0.25, 0.3) is 11.1 Å².